The molecule has 3 aromatic heterocycles. The van der Waals surface area contributed by atoms with E-state index in [1.54, 1.807) is 11.3 Å². The highest BCUT2D eigenvalue weighted by atomic mass is 32.1. The lowest BCUT2D eigenvalue weighted by Crippen LogP contribution is -2.08. The molecule has 4 aromatic rings. The Morgan fingerprint density at radius 3 is 2.93 bits per heavy atom. The summed E-state index contributed by atoms with van der Waals surface area (Å²) in [6, 6.07) is 8.94. The van der Waals surface area contributed by atoms with Gasteiger partial charge in [-0.1, -0.05) is 24.2 Å². The van der Waals surface area contributed by atoms with E-state index in [4.69, 9.17) is 13.7 Å². The Hall–Kier alpha value is -3.26. The number of carbonyl (C=O) groups excluding carboxylic acids is 1. The molecular weight excluding hydrogens is 392 g/mol. The first-order valence-electron chi connectivity index (χ1n) is 9.19. The predicted octanol–water partition coefficient (Wildman–Crippen LogP) is 4.14. The first kappa shape index (κ1) is 19.1. The van der Waals surface area contributed by atoms with E-state index < -0.39 is 11.6 Å². The Morgan fingerprint density at radius 2 is 2.14 bits per heavy atom. The van der Waals surface area contributed by atoms with Crippen molar-refractivity contribution in [2.24, 2.45) is 0 Å². The van der Waals surface area contributed by atoms with Crippen LogP contribution in [-0.2, 0) is 29.0 Å². The van der Waals surface area contributed by atoms with Crippen LogP contribution in [0.15, 0.2) is 54.8 Å². The van der Waals surface area contributed by atoms with Gasteiger partial charge in [0.1, 0.15) is 12.2 Å². The second-order valence-electron chi connectivity index (χ2n) is 6.46. The normalized spacial score (nSPS) is 11.1. The number of carbonyl (C=O) groups is 1. The van der Waals surface area contributed by atoms with E-state index >= 15 is 0 Å². The van der Waals surface area contributed by atoms with Crippen LogP contribution in [0.2, 0.25) is 0 Å². The van der Waals surface area contributed by atoms with Crippen molar-refractivity contribution in [3.63, 3.8) is 0 Å². The molecule has 7 nitrogen and oxygen atoms in total. The molecule has 0 unspecified atom stereocenters. The van der Waals surface area contributed by atoms with Crippen molar-refractivity contribution >= 4 is 28.3 Å². The molecule has 3 heterocycles. The molecule has 0 aliphatic carbocycles. The van der Waals surface area contributed by atoms with Crippen LogP contribution in [0, 0.1) is 0 Å². The number of hydrogen-bond acceptors (Lipinski definition) is 8. The zero-order valence-corrected chi connectivity index (χ0v) is 16.5. The van der Waals surface area contributed by atoms with Gasteiger partial charge in [0.15, 0.2) is 0 Å². The van der Waals surface area contributed by atoms with Crippen molar-refractivity contribution in [2.75, 3.05) is 0 Å². The lowest BCUT2D eigenvalue weighted by Gasteiger charge is -2.07. The molecule has 0 saturated heterocycles. The van der Waals surface area contributed by atoms with Crippen molar-refractivity contribution in [3.8, 4) is 11.4 Å². The molecule has 8 heteroatoms. The third kappa shape index (κ3) is 4.43. The summed E-state index contributed by atoms with van der Waals surface area (Å²) in [6.07, 6.45) is 1.22. The molecule has 0 bridgehead atoms. The van der Waals surface area contributed by atoms with E-state index in [2.05, 4.69) is 10.1 Å². The number of ether oxygens (including phenoxy) is 1. The van der Waals surface area contributed by atoms with Gasteiger partial charge in [-0.15, -0.1) is 0 Å². The number of nitrogens with zero attached hydrogens (tertiary/aromatic N) is 2. The number of rotatable bonds is 7. The van der Waals surface area contributed by atoms with Crippen molar-refractivity contribution < 1.29 is 18.5 Å². The number of benzene rings is 1. The Balaban J connectivity index is 1.38. The van der Waals surface area contributed by atoms with Crippen LogP contribution >= 0.6 is 11.3 Å². The first-order chi connectivity index (χ1) is 14.1. The third-order valence-electron chi connectivity index (χ3n) is 4.48. The van der Waals surface area contributed by atoms with E-state index in [9.17, 15) is 9.59 Å². The zero-order chi connectivity index (χ0) is 20.2. The highest BCUT2D eigenvalue weighted by molar-refractivity contribution is 7.08. The number of hydrogen-bond donors (Lipinski definition) is 0. The lowest BCUT2D eigenvalue weighted by atomic mass is 10.1. The zero-order valence-electron chi connectivity index (χ0n) is 15.7. The number of fused-ring (bicyclic) bond motifs is 1. The molecule has 0 saturated carbocycles. The minimum Gasteiger partial charge on any atom is -0.461 e. The maximum Gasteiger partial charge on any atom is 0.336 e. The van der Waals surface area contributed by atoms with Gasteiger partial charge in [-0.3, -0.25) is 4.79 Å². The quantitative estimate of drug-likeness (QED) is 0.334. The molecule has 29 heavy (non-hydrogen) atoms. The van der Waals surface area contributed by atoms with Gasteiger partial charge in [0, 0.05) is 34.4 Å². The molecule has 4 rings (SSSR count). The Kier molecular flexibility index (Phi) is 5.53. The second kappa shape index (κ2) is 8.40. The molecule has 0 fully saturated rings. The Bertz CT molecular complexity index is 1190. The van der Waals surface area contributed by atoms with Gasteiger partial charge in [0.25, 0.3) is 0 Å². The van der Waals surface area contributed by atoms with Gasteiger partial charge < -0.3 is 13.7 Å². The SMILES string of the molecule is CCc1ccc2c(COC(=O)CCc3nc(-c4ccsc4)no3)cc(=O)oc2c1. The van der Waals surface area contributed by atoms with Crippen LogP contribution in [0.4, 0.5) is 0 Å². The van der Waals surface area contributed by atoms with Crippen molar-refractivity contribution in [2.45, 2.75) is 32.8 Å². The topological polar surface area (TPSA) is 95.4 Å². The minimum atomic E-state index is -0.469. The maximum absolute atomic E-state index is 12.1. The Morgan fingerprint density at radius 1 is 1.24 bits per heavy atom. The summed E-state index contributed by atoms with van der Waals surface area (Å²) in [4.78, 5) is 28.2. The molecule has 148 valence electrons. The summed E-state index contributed by atoms with van der Waals surface area (Å²) in [5.41, 5.74) is 2.59. The third-order valence-corrected chi connectivity index (χ3v) is 5.17. The maximum atomic E-state index is 12.1. The smallest absolute Gasteiger partial charge is 0.336 e. The standard InChI is InChI=1S/C21H18N2O5S/c1-2-13-3-4-16-15(10-20(25)27-17(16)9-13)11-26-19(24)6-5-18-22-21(23-28-18)14-7-8-29-12-14/h3-4,7-10,12H,2,5-6,11H2,1H3. The molecule has 1 aromatic carbocycles. The van der Waals surface area contributed by atoms with Crippen LogP contribution in [0.3, 0.4) is 0 Å². The van der Waals surface area contributed by atoms with E-state index in [0.29, 0.717) is 22.9 Å². The van der Waals surface area contributed by atoms with Crippen LogP contribution in [0.25, 0.3) is 22.4 Å². The molecule has 0 aliphatic rings. The summed E-state index contributed by atoms with van der Waals surface area (Å²) in [6.45, 7) is 2.02. The van der Waals surface area contributed by atoms with Crippen molar-refractivity contribution in [1.82, 2.24) is 10.1 Å². The fourth-order valence-electron chi connectivity index (χ4n) is 2.92. The van der Waals surface area contributed by atoms with Crippen molar-refractivity contribution in [1.29, 1.82) is 0 Å². The largest absolute Gasteiger partial charge is 0.461 e. The van der Waals surface area contributed by atoms with Gasteiger partial charge >= 0.3 is 11.6 Å². The highest BCUT2D eigenvalue weighted by Crippen LogP contribution is 2.21. The summed E-state index contributed by atoms with van der Waals surface area (Å²) in [5.74, 6) is 0.469. The lowest BCUT2D eigenvalue weighted by molar-refractivity contribution is -0.145. The van der Waals surface area contributed by atoms with E-state index in [-0.39, 0.29) is 19.4 Å². The van der Waals surface area contributed by atoms with Crippen molar-refractivity contribution in [3.05, 3.63) is 68.5 Å². The van der Waals surface area contributed by atoms with Gasteiger partial charge in [0.05, 0.1) is 6.42 Å². The van der Waals surface area contributed by atoms with E-state index in [1.807, 2.05) is 41.9 Å². The van der Waals surface area contributed by atoms with Crippen LogP contribution in [0.1, 0.15) is 30.4 Å². The Labute approximate surface area is 169 Å². The summed E-state index contributed by atoms with van der Waals surface area (Å²) >= 11 is 1.55. The molecular formula is C21H18N2O5S. The first-order valence-corrected chi connectivity index (χ1v) is 10.1. The molecule has 0 aliphatic heterocycles. The van der Waals surface area contributed by atoms with Gasteiger partial charge in [0.2, 0.25) is 11.7 Å². The van der Waals surface area contributed by atoms with Crippen LogP contribution < -0.4 is 5.63 Å². The fourth-order valence-corrected chi connectivity index (χ4v) is 3.55. The van der Waals surface area contributed by atoms with Crippen LogP contribution in [-0.4, -0.2) is 16.1 Å². The second-order valence-corrected chi connectivity index (χ2v) is 7.24. The predicted molar refractivity (Wildman–Crippen MR) is 108 cm³/mol. The number of thiophene rings is 1. The molecule has 0 N–H and O–H groups in total. The van der Waals surface area contributed by atoms with Crippen LogP contribution in [0.5, 0.6) is 0 Å². The number of aromatic nitrogens is 2. The summed E-state index contributed by atoms with van der Waals surface area (Å²) in [7, 11) is 0. The van der Waals surface area contributed by atoms with Gasteiger partial charge in [-0.2, -0.15) is 16.3 Å². The number of aryl methyl sites for hydroxylation is 2. The highest BCUT2D eigenvalue weighted by Gasteiger charge is 2.13. The molecule has 0 spiro atoms. The number of esters is 1. The summed E-state index contributed by atoms with van der Waals surface area (Å²) < 4.78 is 15.8. The van der Waals surface area contributed by atoms with E-state index in [1.165, 1.54) is 6.07 Å². The van der Waals surface area contributed by atoms with Gasteiger partial charge in [-0.25, -0.2) is 4.79 Å². The van der Waals surface area contributed by atoms with E-state index in [0.717, 1.165) is 22.9 Å². The minimum absolute atomic E-state index is 0.00358. The molecule has 0 radical (unpaired) electrons. The summed E-state index contributed by atoms with van der Waals surface area (Å²) in [5, 5.41) is 8.52. The molecule has 0 amide bonds. The van der Waals surface area contributed by atoms with Gasteiger partial charge in [-0.05, 0) is 29.5 Å². The average molecular weight is 410 g/mol. The monoisotopic (exact) mass is 410 g/mol. The molecule has 0 atom stereocenters. The average Bonchev–Trinajstić information content (AvgIpc) is 3.41. The fraction of sp³-hybridized carbons (Fsp3) is 0.238.